The first-order valence-electron chi connectivity index (χ1n) is 8.07. The number of carbonyl (C=O) groups excluding carboxylic acids is 2. The molecule has 0 saturated carbocycles. The second kappa shape index (κ2) is 8.41. The zero-order valence-corrected chi connectivity index (χ0v) is 15.1. The average Bonchev–Trinajstić information content (AvgIpc) is 3.05. The van der Waals surface area contributed by atoms with Crippen LogP contribution < -0.4 is 15.4 Å². The van der Waals surface area contributed by atoms with E-state index in [0.717, 1.165) is 12.8 Å². The third-order valence-corrected chi connectivity index (χ3v) is 5.29. The molecule has 0 bridgehead atoms. The molecule has 1 aromatic carbocycles. The number of nitrogens with one attached hydrogen (secondary N) is 3. The first-order valence-corrected chi connectivity index (χ1v) is 9.55. The van der Waals surface area contributed by atoms with Crippen LogP contribution in [-0.4, -0.2) is 45.5 Å². The monoisotopic (exact) mass is 369 g/mol. The van der Waals surface area contributed by atoms with Crippen molar-refractivity contribution in [2.24, 2.45) is 0 Å². The summed E-state index contributed by atoms with van der Waals surface area (Å²) in [5, 5.41) is 5.25. The van der Waals surface area contributed by atoms with Gasteiger partial charge >= 0.3 is 0 Å². The van der Waals surface area contributed by atoms with Crippen molar-refractivity contribution in [2.75, 3.05) is 18.5 Å². The highest BCUT2D eigenvalue weighted by atomic mass is 32.2. The van der Waals surface area contributed by atoms with Gasteiger partial charge in [0, 0.05) is 25.8 Å². The van der Waals surface area contributed by atoms with Crippen LogP contribution in [0.5, 0.6) is 0 Å². The minimum Gasteiger partial charge on any atom is -0.376 e. The van der Waals surface area contributed by atoms with Crippen LogP contribution in [0.3, 0.4) is 0 Å². The molecule has 25 heavy (non-hydrogen) atoms. The number of hydrogen-bond donors (Lipinski definition) is 3. The van der Waals surface area contributed by atoms with E-state index in [1.54, 1.807) is 0 Å². The van der Waals surface area contributed by atoms with Gasteiger partial charge in [0.1, 0.15) is 0 Å². The van der Waals surface area contributed by atoms with Crippen molar-refractivity contribution in [3.05, 3.63) is 24.3 Å². The quantitative estimate of drug-likeness (QED) is 0.652. The van der Waals surface area contributed by atoms with E-state index in [1.165, 1.54) is 38.1 Å². The first-order chi connectivity index (χ1) is 11.8. The Morgan fingerprint density at radius 3 is 2.52 bits per heavy atom. The van der Waals surface area contributed by atoms with Crippen LogP contribution in [0.15, 0.2) is 29.2 Å². The normalized spacial score (nSPS) is 18.6. The number of benzene rings is 1. The molecule has 2 rings (SSSR count). The zero-order chi connectivity index (χ0) is 18.4. The Hall–Kier alpha value is -1.97. The van der Waals surface area contributed by atoms with Crippen LogP contribution in [0.4, 0.5) is 5.69 Å². The fourth-order valence-electron chi connectivity index (χ4n) is 2.45. The van der Waals surface area contributed by atoms with Crippen molar-refractivity contribution in [3.8, 4) is 0 Å². The van der Waals surface area contributed by atoms with Crippen LogP contribution in [0.2, 0.25) is 0 Å². The lowest BCUT2D eigenvalue weighted by Crippen LogP contribution is -2.46. The molecule has 1 fully saturated rings. The van der Waals surface area contributed by atoms with Gasteiger partial charge in [-0.2, -0.15) is 4.72 Å². The average molecular weight is 369 g/mol. The smallest absolute Gasteiger partial charge is 0.241 e. The summed E-state index contributed by atoms with van der Waals surface area (Å²) in [5.74, 6) is -0.654. The summed E-state index contributed by atoms with van der Waals surface area (Å²) in [4.78, 5) is 23.0. The molecule has 1 aliphatic rings. The van der Waals surface area contributed by atoms with Gasteiger partial charge in [-0.25, -0.2) is 8.42 Å². The van der Waals surface area contributed by atoms with E-state index in [4.69, 9.17) is 4.74 Å². The summed E-state index contributed by atoms with van der Waals surface area (Å²) in [7, 11) is -3.84. The minimum absolute atomic E-state index is 0.00548. The second-order valence-corrected chi connectivity index (χ2v) is 7.64. The second-order valence-electron chi connectivity index (χ2n) is 5.93. The maximum Gasteiger partial charge on any atom is 0.241 e. The van der Waals surface area contributed by atoms with Crippen LogP contribution in [0.25, 0.3) is 0 Å². The summed E-state index contributed by atoms with van der Waals surface area (Å²) in [5.41, 5.74) is 0.494. The Morgan fingerprint density at radius 2 is 1.96 bits per heavy atom. The summed E-state index contributed by atoms with van der Waals surface area (Å²) < 4.78 is 32.4. The molecule has 9 heteroatoms. The van der Waals surface area contributed by atoms with Crippen LogP contribution in [-0.2, 0) is 24.3 Å². The van der Waals surface area contributed by atoms with E-state index in [2.05, 4.69) is 15.4 Å². The van der Waals surface area contributed by atoms with Gasteiger partial charge in [0.2, 0.25) is 21.8 Å². The predicted molar refractivity (Wildman–Crippen MR) is 92.5 cm³/mol. The van der Waals surface area contributed by atoms with E-state index in [1.807, 2.05) is 0 Å². The molecule has 0 aliphatic carbocycles. The fraction of sp³-hybridized carbons (Fsp3) is 0.500. The highest BCUT2D eigenvalue weighted by Gasteiger charge is 2.23. The van der Waals surface area contributed by atoms with Crippen molar-refractivity contribution < 1.29 is 22.7 Å². The van der Waals surface area contributed by atoms with E-state index in [-0.39, 0.29) is 16.9 Å². The van der Waals surface area contributed by atoms with E-state index in [0.29, 0.717) is 18.8 Å². The number of hydrogen-bond acceptors (Lipinski definition) is 5. The lowest BCUT2D eigenvalue weighted by atomic mass is 10.2. The van der Waals surface area contributed by atoms with Gasteiger partial charge in [0.05, 0.1) is 17.0 Å². The molecule has 1 heterocycles. The number of anilines is 1. The van der Waals surface area contributed by atoms with Gasteiger partial charge in [0.25, 0.3) is 0 Å². The van der Waals surface area contributed by atoms with E-state index in [9.17, 15) is 18.0 Å². The molecule has 1 unspecified atom stereocenters. The summed E-state index contributed by atoms with van der Waals surface area (Å²) in [6.45, 7) is 3.91. The topological polar surface area (TPSA) is 114 Å². The molecule has 8 nitrogen and oxygen atoms in total. The molecule has 0 radical (unpaired) electrons. The lowest BCUT2D eigenvalue weighted by molar-refractivity contribution is -0.122. The highest BCUT2D eigenvalue weighted by Crippen LogP contribution is 2.14. The SMILES string of the molecule is CC(=O)Nc1ccc(S(=O)(=O)N[C@@H](C)C(=O)NCC2CCCO2)cc1. The molecular formula is C16H23N3O5S. The van der Waals surface area contributed by atoms with Gasteiger partial charge in [-0.3, -0.25) is 9.59 Å². The molecule has 138 valence electrons. The van der Waals surface area contributed by atoms with Gasteiger partial charge < -0.3 is 15.4 Å². The van der Waals surface area contributed by atoms with Crippen molar-refractivity contribution >= 4 is 27.5 Å². The Morgan fingerprint density at radius 1 is 1.28 bits per heavy atom. The fourth-order valence-corrected chi connectivity index (χ4v) is 3.65. The van der Waals surface area contributed by atoms with Crippen molar-refractivity contribution in [1.29, 1.82) is 0 Å². The van der Waals surface area contributed by atoms with Crippen LogP contribution in [0.1, 0.15) is 26.7 Å². The molecule has 2 atom stereocenters. The lowest BCUT2D eigenvalue weighted by Gasteiger charge is -2.16. The Balaban J connectivity index is 1.92. The molecule has 1 aliphatic heterocycles. The Kier molecular flexibility index (Phi) is 6.51. The number of carbonyl (C=O) groups is 2. The van der Waals surface area contributed by atoms with Gasteiger partial charge in [-0.05, 0) is 44.0 Å². The summed E-state index contributed by atoms with van der Waals surface area (Å²) in [6, 6.07) is 4.78. The van der Waals surface area contributed by atoms with Crippen molar-refractivity contribution in [2.45, 2.75) is 43.7 Å². The number of sulfonamides is 1. The minimum atomic E-state index is -3.84. The number of ether oxygens (including phenoxy) is 1. The standard InChI is InChI=1S/C16H23N3O5S/c1-11(16(21)17-10-14-4-3-9-24-14)19-25(22,23)15-7-5-13(6-8-15)18-12(2)20/h5-8,11,14,19H,3-4,9-10H2,1-2H3,(H,17,21)(H,18,20)/t11-,14?/m0/s1. The van der Waals surface area contributed by atoms with E-state index < -0.39 is 22.0 Å². The van der Waals surface area contributed by atoms with Crippen molar-refractivity contribution in [1.82, 2.24) is 10.0 Å². The van der Waals surface area contributed by atoms with Gasteiger partial charge in [-0.1, -0.05) is 0 Å². The number of rotatable bonds is 7. The predicted octanol–water partition coefficient (Wildman–Crippen LogP) is 0.607. The molecule has 2 amide bonds. The Bertz CT molecular complexity index is 712. The van der Waals surface area contributed by atoms with Crippen molar-refractivity contribution in [3.63, 3.8) is 0 Å². The van der Waals surface area contributed by atoms with Gasteiger partial charge in [0.15, 0.2) is 0 Å². The highest BCUT2D eigenvalue weighted by molar-refractivity contribution is 7.89. The molecule has 1 saturated heterocycles. The molecular weight excluding hydrogens is 346 g/mol. The molecule has 3 N–H and O–H groups in total. The third-order valence-electron chi connectivity index (χ3n) is 3.74. The van der Waals surface area contributed by atoms with E-state index >= 15 is 0 Å². The summed E-state index contributed by atoms with van der Waals surface area (Å²) in [6.07, 6.45) is 1.85. The molecule has 0 spiro atoms. The number of amides is 2. The van der Waals surface area contributed by atoms with Gasteiger partial charge in [-0.15, -0.1) is 0 Å². The zero-order valence-electron chi connectivity index (χ0n) is 14.2. The maximum absolute atomic E-state index is 12.3. The third kappa shape index (κ3) is 5.80. The Labute approximate surface area is 147 Å². The first kappa shape index (κ1) is 19.4. The van der Waals surface area contributed by atoms with Crippen LogP contribution >= 0.6 is 0 Å². The summed E-state index contributed by atoms with van der Waals surface area (Å²) >= 11 is 0. The molecule has 1 aromatic rings. The maximum atomic E-state index is 12.3. The molecule has 0 aromatic heterocycles. The van der Waals surface area contributed by atoms with Crippen LogP contribution in [0, 0.1) is 0 Å². The largest absolute Gasteiger partial charge is 0.376 e.